The molecule has 118 valence electrons. The first-order valence-corrected chi connectivity index (χ1v) is 7.56. The minimum atomic E-state index is -0.664. The topological polar surface area (TPSA) is 74.5 Å². The molecule has 0 radical (unpaired) electrons. The molecule has 2 aromatic rings. The van der Waals surface area contributed by atoms with Crippen LogP contribution in [0.4, 0.5) is 5.69 Å². The van der Waals surface area contributed by atoms with Crippen LogP contribution in [-0.2, 0) is 9.53 Å². The van der Waals surface area contributed by atoms with E-state index in [0.29, 0.717) is 17.1 Å². The highest BCUT2D eigenvalue weighted by Gasteiger charge is 2.24. The van der Waals surface area contributed by atoms with Crippen molar-refractivity contribution in [3.05, 3.63) is 71.3 Å². The average Bonchev–Trinajstić information content (AvgIpc) is 2.63. The third-order valence-electron chi connectivity index (χ3n) is 3.53. The lowest BCUT2D eigenvalue weighted by Gasteiger charge is -2.21. The maximum Gasteiger partial charge on any atom is 0.351 e. The number of aliphatic imine (C=N–C) groups is 1. The van der Waals surface area contributed by atoms with Crippen molar-refractivity contribution in [3.8, 4) is 6.07 Å². The molecule has 1 aliphatic heterocycles. The lowest BCUT2D eigenvalue weighted by atomic mass is 10.0. The van der Waals surface area contributed by atoms with E-state index in [9.17, 15) is 10.1 Å². The maximum absolute atomic E-state index is 12.1. The Morgan fingerprint density at radius 3 is 2.58 bits per heavy atom. The predicted octanol–water partition coefficient (Wildman–Crippen LogP) is 3.36. The summed E-state index contributed by atoms with van der Waals surface area (Å²) in [6.07, 6.45) is 0. The second-order valence-electron chi connectivity index (χ2n) is 5.05. The fourth-order valence-corrected chi connectivity index (χ4v) is 2.45. The highest BCUT2D eigenvalue weighted by Crippen LogP contribution is 2.32. The lowest BCUT2D eigenvalue weighted by Crippen LogP contribution is -2.20. The van der Waals surface area contributed by atoms with Crippen LogP contribution >= 0.6 is 0 Å². The Kier molecular flexibility index (Phi) is 4.39. The van der Waals surface area contributed by atoms with Gasteiger partial charge in [-0.05, 0) is 13.0 Å². The fourth-order valence-electron chi connectivity index (χ4n) is 2.45. The Morgan fingerprint density at radius 1 is 1.17 bits per heavy atom. The van der Waals surface area contributed by atoms with Crippen molar-refractivity contribution in [1.82, 2.24) is 0 Å². The van der Waals surface area contributed by atoms with E-state index in [1.165, 1.54) is 0 Å². The highest BCUT2D eigenvalue weighted by molar-refractivity contribution is 6.16. The van der Waals surface area contributed by atoms with E-state index >= 15 is 0 Å². The lowest BCUT2D eigenvalue weighted by molar-refractivity contribution is -0.137. The number of anilines is 1. The Bertz CT molecular complexity index is 877. The first-order chi connectivity index (χ1) is 11.7. The molecule has 0 fully saturated rings. The van der Waals surface area contributed by atoms with Crippen LogP contribution in [0.15, 0.2) is 65.2 Å². The number of fused-ring (bicyclic) bond motifs is 1. The summed E-state index contributed by atoms with van der Waals surface area (Å²) >= 11 is 0. The molecule has 0 amide bonds. The number of nitrogens with one attached hydrogen (secondary N) is 1. The molecule has 0 saturated carbocycles. The average molecular weight is 317 g/mol. The molecule has 1 heterocycles. The standard InChI is InChI=1S/C19H15N3O2/c1-2-24-19(23)15(12-20)17-14-10-6-7-11-16(14)21-18(22-17)13-8-4-3-5-9-13/h3-11H,2H2,1H3,(H,21,22)/b17-15-. The second kappa shape index (κ2) is 6.80. The number of esters is 1. The number of nitrogens with zero attached hydrogens (tertiary/aromatic N) is 2. The van der Waals surface area contributed by atoms with Crippen LogP contribution in [0.1, 0.15) is 18.1 Å². The number of para-hydroxylation sites is 1. The van der Waals surface area contributed by atoms with Crippen molar-refractivity contribution in [2.45, 2.75) is 6.92 Å². The van der Waals surface area contributed by atoms with E-state index < -0.39 is 5.97 Å². The zero-order valence-corrected chi connectivity index (χ0v) is 13.1. The molecule has 0 aromatic heterocycles. The van der Waals surface area contributed by atoms with Gasteiger partial charge < -0.3 is 10.1 Å². The van der Waals surface area contributed by atoms with Crippen LogP contribution in [0.25, 0.3) is 5.70 Å². The summed E-state index contributed by atoms with van der Waals surface area (Å²) in [5, 5.41) is 12.7. The summed E-state index contributed by atoms with van der Waals surface area (Å²) in [5.74, 6) is -0.0794. The van der Waals surface area contributed by atoms with Gasteiger partial charge in [-0.3, -0.25) is 0 Å². The van der Waals surface area contributed by atoms with Gasteiger partial charge in [-0.15, -0.1) is 0 Å². The number of carbonyl (C=O) groups is 1. The molecular formula is C19H15N3O2. The Labute approximate surface area is 139 Å². The molecule has 1 N–H and O–H groups in total. The van der Waals surface area contributed by atoms with E-state index in [1.807, 2.05) is 60.7 Å². The number of hydrogen-bond acceptors (Lipinski definition) is 5. The van der Waals surface area contributed by atoms with E-state index in [4.69, 9.17) is 4.74 Å². The van der Waals surface area contributed by atoms with Gasteiger partial charge in [0.2, 0.25) is 0 Å². The van der Waals surface area contributed by atoms with Crippen molar-refractivity contribution in [2.75, 3.05) is 11.9 Å². The first-order valence-electron chi connectivity index (χ1n) is 7.56. The molecule has 24 heavy (non-hydrogen) atoms. The summed E-state index contributed by atoms with van der Waals surface area (Å²) in [6, 6.07) is 18.9. The summed E-state index contributed by atoms with van der Waals surface area (Å²) in [7, 11) is 0. The van der Waals surface area contributed by atoms with Gasteiger partial charge in [-0.1, -0.05) is 48.5 Å². The Balaban J connectivity index is 2.20. The monoisotopic (exact) mass is 317 g/mol. The molecule has 0 bridgehead atoms. The highest BCUT2D eigenvalue weighted by atomic mass is 16.5. The first kappa shape index (κ1) is 15.5. The molecule has 3 rings (SSSR count). The molecule has 0 unspecified atom stereocenters. The number of hydrogen-bond donors (Lipinski definition) is 1. The van der Waals surface area contributed by atoms with Crippen LogP contribution in [0, 0.1) is 11.3 Å². The van der Waals surface area contributed by atoms with Crippen molar-refractivity contribution in [1.29, 1.82) is 5.26 Å². The van der Waals surface area contributed by atoms with Gasteiger partial charge >= 0.3 is 5.97 Å². The van der Waals surface area contributed by atoms with Gasteiger partial charge in [0.05, 0.1) is 12.3 Å². The number of nitriles is 1. The van der Waals surface area contributed by atoms with Gasteiger partial charge in [0.15, 0.2) is 5.57 Å². The molecule has 0 atom stereocenters. The number of carbonyl (C=O) groups excluding carboxylic acids is 1. The molecule has 2 aromatic carbocycles. The molecule has 0 aliphatic carbocycles. The van der Waals surface area contributed by atoms with Crippen LogP contribution in [-0.4, -0.2) is 18.4 Å². The van der Waals surface area contributed by atoms with Gasteiger partial charge in [-0.25, -0.2) is 9.79 Å². The number of rotatable bonds is 3. The van der Waals surface area contributed by atoms with Crippen LogP contribution < -0.4 is 5.32 Å². The number of amidine groups is 1. The van der Waals surface area contributed by atoms with Crippen molar-refractivity contribution < 1.29 is 9.53 Å². The molecule has 0 saturated heterocycles. The van der Waals surface area contributed by atoms with Crippen molar-refractivity contribution in [3.63, 3.8) is 0 Å². The van der Waals surface area contributed by atoms with Gasteiger partial charge in [0.25, 0.3) is 0 Å². The quantitative estimate of drug-likeness (QED) is 0.535. The number of benzene rings is 2. The van der Waals surface area contributed by atoms with Gasteiger partial charge in [-0.2, -0.15) is 5.26 Å². The van der Waals surface area contributed by atoms with E-state index in [2.05, 4.69) is 10.3 Å². The fraction of sp³-hybridized carbons (Fsp3) is 0.105. The van der Waals surface area contributed by atoms with E-state index in [-0.39, 0.29) is 12.2 Å². The summed E-state index contributed by atoms with van der Waals surface area (Å²) in [4.78, 5) is 16.7. The molecule has 5 nitrogen and oxygen atoms in total. The zero-order chi connectivity index (χ0) is 16.9. The largest absolute Gasteiger partial charge is 0.462 e. The SMILES string of the molecule is CCOC(=O)/C(C#N)=C1\N=C(c2ccccc2)Nc2ccccc21. The molecule has 0 spiro atoms. The van der Waals surface area contributed by atoms with Gasteiger partial charge in [0.1, 0.15) is 11.9 Å². The summed E-state index contributed by atoms with van der Waals surface area (Å²) in [6.45, 7) is 1.90. The molecule has 5 heteroatoms. The third-order valence-corrected chi connectivity index (χ3v) is 3.53. The van der Waals surface area contributed by atoms with Crippen LogP contribution in [0.3, 0.4) is 0 Å². The Hall–Kier alpha value is -3.39. The molecule has 1 aliphatic rings. The number of ether oxygens (including phenoxy) is 1. The normalized spacial score (nSPS) is 14.6. The Morgan fingerprint density at radius 2 is 1.88 bits per heavy atom. The third kappa shape index (κ3) is 2.90. The zero-order valence-electron chi connectivity index (χ0n) is 13.1. The van der Waals surface area contributed by atoms with Gasteiger partial charge in [0, 0.05) is 16.8 Å². The van der Waals surface area contributed by atoms with E-state index in [0.717, 1.165) is 11.3 Å². The maximum atomic E-state index is 12.1. The van der Waals surface area contributed by atoms with E-state index in [1.54, 1.807) is 6.92 Å². The van der Waals surface area contributed by atoms with Crippen LogP contribution in [0.2, 0.25) is 0 Å². The minimum absolute atomic E-state index is 0.0979. The smallest absolute Gasteiger partial charge is 0.351 e. The summed E-state index contributed by atoms with van der Waals surface area (Å²) < 4.78 is 5.00. The molecular weight excluding hydrogens is 302 g/mol. The second-order valence-corrected chi connectivity index (χ2v) is 5.05. The van der Waals surface area contributed by atoms with Crippen molar-refractivity contribution in [2.24, 2.45) is 4.99 Å². The van der Waals surface area contributed by atoms with Crippen molar-refractivity contribution >= 4 is 23.2 Å². The summed E-state index contributed by atoms with van der Waals surface area (Å²) in [5.41, 5.74) is 2.58. The van der Waals surface area contributed by atoms with Crippen LogP contribution in [0.5, 0.6) is 0 Å². The predicted molar refractivity (Wildman–Crippen MR) is 92.2 cm³/mol. The minimum Gasteiger partial charge on any atom is -0.462 e.